The fourth-order valence-corrected chi connectivity index (χ4v) is 7.25. The van der Waals surface area contributed by atoms with Gasteiger partial charge >= 0.3 is 11.9 Å². The molecular weight excluding hydrogens is 693 g/mol. The van der Waals surface area contributed by atoms with E-state index < -0.39 is 6.10 Å². The lowest BCUT2D eigenvalue weighted by Crippen LogP contribution is -2.30. The molecule has 0 saturated carbocycles. The maximum Gasteiger partial charge on any atom is 0.306 e. The highest BCUT2D eigenvalue weighted by atomic mass is 16.6. The van der Waals surface area contributed by atoms with Crippen molar-refractivity contribution in [1.29, 1.82) is 0 Å². The molecule has 0 aliphatic heterocycles. The quantitative estimate of drug-likeness (QED) is 0.0349. The molecule has 0 rings (SSSR count). The Morgan fingerprint density at radius 2 is 0.786 bits per heavy atom. The highest BCUT2D eigenvalue weighted by molar-refractivity contribution is 5.70. The second-order valence-electron chi connectivity index (χ2n) is 16.7. The van der Waals surface area contributed by atoms with Crippen LogP contribution in [0.15, 0.2) is 24.3 Å². The zero-order valence-electron chi connectivity index (χ0n) is 37.9. The molecule has 5 heteroatoms. The number of unbranched alkanes of at least 4 members (excludes halogenated alkanes) is 31. The molecule has 0 aromatic rings. The van der Waals surface area contributed by atoms with Crippen molar-refractivity contribution in [3.63, 3.8) is 0 Å². The van der Waals surface area contributed by atoms with Crippen molar-refractivity contribution in [1.82, 2.24) is 0 Å². The first-order chi connectivity index (χ1) is 27.6. The smallest absolute Gasteiger partial charge is 0.306 e. The van der Waals surface area contributed by atoms with Crippen LogP contribution >= 0.6 is 0 Å². The molecule has 0 heterocycles. The number of rotatable bonds is 46. The van der Waals surface area contributed by atoms with E-state index in [9.17, 15) is 9.59 Å². The summed E-state index contributed by atoms with van der Waals surface area (Å²) in [5, 5.41) is 0. The Morgan fingerprint density at radius 3 is 1.25 bits per heavy atom. The van der Waals surface area contributed by atoms with Crippen molar-refractivity contribution >= 4 is 11.9 Å². The van der Waals surface area contributed by atoms with Gasteiger partial charge < -0.3 is 14.2 Å². The van der Waals surface area contributed by atoms with Crippen molar-refractivity contribution in [3.05, 3.63) is 24.3 Å². The Balaban J connectivity index is 4.15. The Morgan fingerprint density at radius 1 is 0.393 bits per heavy atom. The van der Waals surface area contributed by atoms with Gasteiger partial charge in [0.25, 0.3) is 0 Å². The van der Waals surface area contributed by atoms with Gasteiger partial charge in [-0.25, -0.2) is 0 Å². The molecule has 0 bridgehead atoms. The van der Waals surface area contributed by atoms with Crippen LogP contribution in [0.25, 0.3) is 0 Å². The van der Waals surface area contributed by atoms with E-state index in [1.54, 1.807) is 0 Å². The van der Waals surface area contributed by atoms with Gasteiger partial charge in [0.15, 0.2) is 6.10 Å². The van der Waals surface area contributed by atoms with E-state index in [1.165, 1.54) is 186 Å². The maximum atomic E-state index is 12.7. The van der Waals surface area contributed by atoms with Crippen molar-refractivity contribution in [3.8, 4) is 0 Å². The highest BCUT2D eigenvalue weighted by Gasteiger charge is 2.17. The molecule has 0 amide bonds. The molecule has 0 radical (unpaired) electrons. The minimum atomic E-state index is -0.532. The van der Waals surface area contributed by atoms with E-state index >= 15 is 0 Å². The van der Waals surface area contributed by atoms with Crippen LogP contribution in [0.1, 0.15) is 265 Å². The highest BCUT2D eigenvalue weighted by Crippen LogP contribution is 2.16. The van der Waals surface area contributed by atoms with Crippen molar-refractivity contribution < 1.29 is 23.8 Å². The predicted molar refractivity (Wildman–Crippen MR) is 242 cm³/mol. The van der Waals surface area contributed by atoms with Crippen LogP contribution in [0.3, 0.4) is 0 Å². The lowest BCUT2D eigenvalue weighted by molar-refractivity contribution is -0.163. The van der Waals surface area contributed by atoms with Gasteiger partial charge in [0.05, 0.1) is 6.61 Å². The van der Waals surface area contributed by atoms with Crippen LogP contribution in [0, 0.1) is 0 Å². The summed E-state index contributed by atoms with van der Waals surface area (Å²) in [5.74, 6) is -0.390. The fourth-order valence-electron chi connectivity index (χ4n) is 7.25. The van der Waals surface area contributed by atoms with Crippen molar-refractivity contribution in [2.75, 3.05) is 19.8 Å². The van der Waals surface area contributed by atoms with Gasteiger partial charge in [0, 0.05) is 19.4 Å². The second-order valence-corrected chi connectivity index (χ2v) is 16.7. The summed E-state index contributed by atoms with van der Waals surface area (Å²) in [5.41, 5.74) is 0. The van der Waals surface area contributed by atoms with Gasteiger partial charge in [-0.3, -0.25) is 9.59 Å². The van der Waals surface area contributed by atoms with Crippen molar-refractivity contribution in [2.45, 2.75) is 271 Å². The average Bonchev–Trinajstić information content (AvgIpc) is 3.20. The fraction of sp³-hybridized carbons (Fsp3) is 0.882. The average molecular weight is 789 g/mol. The van der Waals surface area contributed by atoms with Gasteiger partial charge in [0.2, 0.25) is 0 Å². The second kappa shape index (κ2) is 47.8. The molecule has 0 fully saturated rings. The monoisotopic (exact) mass is 789 g/mol. The van der Waals surface area contributed by atoms with Gasteiger partial charge in [0.1, 0.15) is 6.61 Å². The largest absolute Gasteiger partial charge is 0.462 e. The molecule has 330 valence electrons. The Hall–Kier alpha value is -1.62. The van der Waals surface area contributed by atoms with E-state index in [0.29, 0.717) is 19.4 Å². The first-order valence-corrected chi connectivity index (χ1v) is 24.9. The van der Waals surface area contributed by atoms with Gasteiger partial charge in [-0.15, -0.1) is 0 Å². The zero-order chi connectivity index (χ0) is 40.7. The summed E-state index contributed by atoms with van der Waals surface area (Å²) in [7, 11) is 0. The summed E-state index contributed by atoms with van der Waals surface area (Å²) in [6, 6.07) is 0. The first kappa shape index (κ1) is 54.4. The molecule has 0 aromatic carbocycles. The van der Waals surface area contributed by atoms with Crippen molar-refractivity contribution in [2.24, 2.45) is 0 Å². The number of hydrogen-bond acceptors (Lipinski definition) is 5. The third kappa shape index (κ3) is 45.1. The number of carbonyl (C=O) groups is 2. The van der Waals surface area contributed by atoms with Crippen LogP contribution < -0.4 is 0 Å². The molecule has 56 heavy (non-hydrogen) atoms. The topological polar surface area (TPSA) is 61.8 Å². The number of hydrogen-bond donors (Lipinski definition) is 0. The number of esters is 2. The summed E-state index contributed by atoms with van der Waals surface area (Å²) in [6.07, 6.45) is 54.7. The van der Waals surface area contributed by atoms with Crippen LogP contribution in [0.2, 0.25) is 0 Å². The molecule has 0 N–H and O–H groups in total. The summed E-state index contributed by atoms with van der Waals surface area (Å²) in [4.78, 5) is 25.3. The van der Waals surface area contributed by atoms with E-state index in [0.717, 1.165) is 44.9 Å². The predicted octanol–water partition coefficient (Wildman–Crippen LogP) is 16.5. The number of carbonyl (C=O) groups excluding carboxylic acids is 2. The van der Waals surface area contributed by atoms with E-state index in [1.807, 2.05) is 0 Å². The lowest BCUT2D eigenvalue weighted by Gasteiger charge is -2.18. The molecule has 0 aliphatic rings. The van der Waals surface area contributed by atoms with E-state index in [2.05, 4.69) is 45.1 Å². The first-order valence-electron chi connectivity index (χ1n) is 24.9. The molecular formula is C51H96O5. The zero-order valence-corrected chi connectivity index (χ0v) is 37.9. The third-order valence-corrected chi connectivity index (χ3v) is 11.0. The van der Waals surface area contributed by atoms with Gasteiger partial charge in [-0.1, -0.05) is 231 Å². The Kier molecular flexibility index (Phi) is 46.4. The summed E-state index contributed by atoms with van der Waals surface area (Å²) < 4.78 is 17.3. The van der Waals surface area contributed by atoms with Crippen LogP contribution in [-0.2, 0) is 23.8 Å². The Labute approximate surface area is 349 Å². The summed E-state index contributed by atoms with van der Waals surface area (Å²) in [6.45, 7) is 7.77. The standard InChI is InChI=1S/C51H96O5/c1-4-7-10-13-16-19-21-23-25-26-27-28-30-33-35-38-41-44-50(52)55-48-49(56-51(53)45-42-39-36-32-18-15-12-9-6-3)47-54-46-43-40-37-34-31-29-24-22-20-17-14-11-8-5-2/h11,14,20,22,49H,4-10,12-13,15-19,21,23-48H2,1-3H3/b14-11-,22-20-. The molecule has 0 aliphatic carbocycles. The van der Waals surface area contributed by atoms with Gasteiger partial charge in [-0.05, 0) is 44.9 Å². The lowest BCUT2D eigenvalue weighted by atomic mass is 10.0. The van der Waals surface area contributed by atoms with Crippen LogP contribution in [0.4, 0.5) is 0 Å². The minimum Gasteiger partial charge on any atom is -0.462 e. The SMILES string of the molecule is CCC/C=C\C/C=C\CCCCCCCCOCC(COC(=O)CCCCCCCCCCCCCCCCCCC)OC(=O)CCCCCCCCCCC. The third-order valence-electron chi connectivity index (χ3n) is 11.0. The summed E-state index contributed by atoms with van der Waals surface area (Å²) >= 11 is 0. The van der Waals surface area contributed by atoms with Crippen LogP contribution in [0.5, 0.6) is 0 Å². The van der Waals surface area contributed by atoms with E-state index in [4.69, 9.17) is 14.2 Å². The van der Waals surface area contributed by atoms with Gasteiger partial charge in [-0.2, -0.15) is 0 Å². The maximum absolute atomic E-state index is 12.7. The molecule has 0 aromatic heterocycles. The molecule has 5 nitrogen and oxygen atoms in total. The molecule has 0 spiro atoms. The normalized spacial score (nSPS) is 12.3. The molecule has 1 unspecified atom stereocenters. The minimum absolute atomic E-state index is 0.0881. The van der Waals surface area contributed by atoms with E-state index in [-0.39, 0.29) is 25.2 Å². The number of allylic oxidation sites excluding steroid dienone is 4. The Bertz CT molecular complexity index is 851. The molecule has 0 saturated heterocycles. The molecule has 1 atom stereocenters. The number of ether oxygens (including phenoxy) is 3. The van der Waals surface area contributed by atoms with Crippen LogP contribution in [-0.4, -0.2) is 37.9 Å².